The molecule has 1 aliphatic heterocycles. The zero-order chi connectivity index (χ0) is 13.8. The van der Waals surface area contributed by atoms with Crippen molar-refractivity contribution in [2.45, 2.75) is 32.9 Å². The maximum Gasteiger partial charge on any atom is 0.120 e. The molecule has 0 radical (unpaired) electrons. The highest BCUT2D eigenvalue weighted by molar-refractivity contribution is 6.30. The quantitative estimate of drug-likeness (QED) is 0.920. The SMILES string of the molecule is CCC(C)N1CCN(Cc2cc(Cl)ccc2O)CC1. The van der Waals surface area contributed by atoms with Gasteiger partial charge in [-0.1, -0.05) is 18.5 Å². The maximum absolute atomic E-state index is 9.85. The third kappa shape index (κ3) is 3.85. The Kier molecular flexibility index (Phi) is 5.08. The van der Waals surface area contributed by atoms with Crippen molar-refractivity contribution in [1.82, 2.24) is 9.80 Å². The van der Waals surface area contributed by atoms with E-state index in [4.69, 9.17) is 11.6 Å². The minimum Gasteiger partial charge on any atom is -0.508 e. The Hall–Kier alpha value is -0.770. The van der Waals surface area contributed by atoms with Crippen LogP contribution in [0.1, 0.15) is 25.8 Å². The van der Waals surface area contributed by atoms with Crippen LogP contribution in [0, 0.1) is 0 Å². The van der Waals surface area contributed by atoms with Crippen LogP contribution in [0.2, 0.25) is 5.02 Å². The summed E-state index contributed by atoms with van der Waals surface area (Å²) in [5, 5.41) is 10.5. The fraction of sp³-hybridized carbons (Fsp3) is 0.600. The molecule has 1 N–H and O–H groups in total. The molecule has 0 saturated carbocycles. The van der Waals surface area contributed by atoms with Crippen molar-refractivity contribution in [1.29, 1.82) is 0 Å². The summed E-state index contributed by atoms with van der Waals surface area (Å²) < 4.78 is 0. The van der Waals surface area contributed by atoms with Gasteiger partial charge >= 0.3 is 0 Å². The molecule has 1 unspecified atom stereocenters. The van der Waals surface area contributed by atoms with Crippen molar-refractivity contribution in [3.8, 4) is 5.75 Å². The van der Waals surface area contributed by atoms with E-state index < -0.39 is 0 Å². The minimum absolute atomic E-state index is 0.341. The standard InChI is InChI=1S/C15H23ClN2O/c1-3-12(2)18-8-6-17(7-9-18)11-13-10-14(16)4-5-15(13)19/h4-5,10,12,19H,3,6-9,11H2,1-2H3. The largest absolute Gasteiger partial charge is 0.508 e. The average Bonchev–Trinajstić information content (AvgIpc) is 2.43. The second-order valence-electron chi connectivity index (χ2n) is 5.34. The van der Waals surface area contributed by atoms with Crippen LogP contribution in [0.4, 0.5) is 0 Å². The Balaban J connectivity index is 1.90. The van der Waals surface area contributed by atoms with Gasteiger partial charge in [0.15, 0.2) is 0 Å². The van der Waals surface area contributed by atoms with Gasteiger partial charge in [-0.2, -0.15) is 0 Å². The van der Waals surface area contributed by atoms with E-state index in [1.54, 1.807) is 12.1 Å². The highest BCUT2D eigenvalue weighted by Gasteiger charge is 2.20. The number of halogens is 1. The summed E-state index contributed by atoms with van der Waals surface area (Å²) in [6, 6.07) is 5.92. The molecule has 3 nitrogen and oxygen atoms in total. The van der Waals surface area contributed by atoms with Gasteiger partial charge in [0.1, 0.15) is 5.75 Å². The summed E-state index contributed by atoms with van der Waals surface area (Å²) in [6.07, 6.45) is 1.20. The van der Waals surface area contributed by atoms with Gasteiger partial charge in [-0.25, -0.2) is 0 Å². The van der Waals surface area contributed by atoms with E-state index in [2.05, 4.69) is 23.6 Å². The molecule has 1 aromatic rings. The summed E-state index contributed by atoms with van der Waals surface area (Å²) in [6.45, 7) is 9.62. The van der Waals surface area contributed by atoms with Crippen molar-refractivity contribution in [2.24, 2.45) is 0 Å². The fourth-order valence-electron chi connectivity index (χ4n) is 2.54. The van der Waals surface area contributed by atoms with Gasteiger partial charge in [-0.3, -0.25) is 9.80 Å². The van der Waals surface area contributed by atoms with Crippen molar-refractivity contribution in [3.05, 3.63) is 28.8 Å². The lowest BCUT2D eigenvalue weighted by Gasteiger charge is -2.37. The van der Waals surface area contributed by atoms with E-state index in [0.29, 0.717) is 16.8 Å². The van der Waals surface area contributed by atoms with Crippen LogP contribution in [0.25, 0.3) is 0 Å². The lowest BCUT2D eigenvalue weighted by atomic mass is 10.1. The first kappa shape index (κ1) is 14.6. The minimum atomic E-state index is 0.341. The Morgan fingerprint density at radius 2 is 1.95 bits per heavy atom. The molecule has 1 aliphatic rings. The molecule has 1 saturated heterocycles. The molecule has 0 bridgehead atoms. The summed E-state index contributed by atoms with van der Waals surface area (Å²) in [5.74, 6) is 0.341. The molecule has 0 spiro atoms. The van der Waals surface area contributed by atoms with Crippen LogP contribution in [-0.2, 0) is 6.54 Å². The van der Waals surface area contributed by atoms with Crippen LogP contribution in [0.5, 0.6) is 5.75 Å². The molecule has 19 heavy (non-hydrogen) atoms. The molecule has 1 atom stereocenters. The van der Waals surface area contributed by atoms with Gasteiger partial charge in [0.05, 0.1) is 0 Å². The summed E-state index contributed by atoms with van der Waals surface area (Å²) in [4.78, 5) is 4.92. The van der Waals surface area contributed by atoms with Crippen LogP contribution in [0.3, 0.4) is 0 Å². The van der Waals surface area contributed by atoms with Crippen LogP contribution < -0.4 is 0 Å². The summed E-state index contributed by atoms with van der Waals surface area (Å²) >= 11 is 5.98. The molecule has 106 valence electrons. The van der Waals surface area contributed by atoms with Gasteiger partial charge in [-0.05, 0) is 31.5 Å². The number of hydrogen-bond donors (Lipinski definition) is 1. The van der Waals surface area contributed by atoms with Crippen molar-refractivity contribution < 1.29 is 5.11 Å². The van der Waals surface area contributed by atoms with E-state index in [1.165, 1.54) is 6.42 Å². The Bertz CT molecular complexity index is 417. The highest BCUT2D eigenvalue weighted by atomic mass is 35.5. The lowest BCUT2D eigenvalue weighted by molar-refractivity contribution is 0.0959. The Morgan fingerprint density at radius 1 is 1.26 bits per heavy atom. The molecular formula is C15H23ClN2O. The second-order valence-corrected chi connectivity index (χ2v) is 5.78. The van der Waals surface area contributed by atoms with E-state index in [-0.39, 0.29) is 0 Å². The van der Waals surface area contributed by atoms with Crippen LogP contribution in [0.15, 0.2) is 18.2 Å². The Labute approximate surface area is 120 Å². The van der Waals surface area contributed by atoms with E-state index >= 15 is 0 Å². The fourth-order valence-corrected chi connectivity index (χ4v) is 2.74. The third-order valence-electron chi connectivity index (χ3n) is 4.06. The molecule has 1 fully saturated rings. The van der Waals surface area contributed by atoms with Crippen molar-refractivity contribution >= 4 is 11.6 Å². The normalized spacial score (nSPS) is 19.5. The highest BCUT2D eigenvalue weighted by Crippen LogP contribution is 2.23. The molecular weight excluding hydrogens is 260 g/mol. The summed E-state index contributed by atoms with van der Waals surface area (Å²) in [7, 11) is 0. The van der Waals surface area contributed by atoms with Crippen molar-refractivity contribution in [2.75, 3.05) is 26.2 Å². The smallest absolute Gasteiger partial charge is 0.120 e. The number of piperazine rings is 1. The first-order valence-electron chi connectivity index (χ1n) is 7.04. The monoisotopic (exact) mass is 282 g/mol. The molecule has 4 heteroatoms. The summed E-state index contributed by atoms with van der Waals surface area (Å²) in [5.41, 5.74) is 0.921. The number of phenols is 1. The number of aromatic hydroxyl groups is 1. The van der Waals surface area contributed by atoms with Gasteiger partial charge in [0.25, 0.3) is 0 Å². The topological polar surface area (TPSA) is 26.7 Å². The first-order valence-corrected chi connectivity index (χ1v) is 7.41. The van der Waals surface area contributed by atoms with E-state index in [0.717, 1.165) is 38.3 Å². The lowest BCUT2D eigenvalue weighted by Crippen LogP contribution is -2.48. The molecule has 0 aliphatic carbocycles. The molecule has 0 amide bonds. The first-order chi connectivity index (χ1) is 9.10. The molecule has 0 aromatic heterocycles. The Morgan fingerprint density at radius 3 is 2.58 bits per heavy atom. The van der Waals surface area contributed by atoms with Gasteiger partial charge in [0, 0.05) is 49.4 Å². The zero-order valence-corrected chi connectivity index (χ0v) is 12.5. The molecule has 1 heterocycles. The predicted molar refractivity (Wildman–Crippen MR) is 79.7 cm³/mol. The average molecular weight is 283 g/mol. The predicted octanol–water partition coefficient (Wildman–Crippen LogP) is 2.96. The van der Waals surface area contributed by atoms with Crippen LogP contribution in [-0.4, -0.2) is 47.1 Å². The van der Waals surface area contributed by atoms with Gasteiger partial charge < -0.3 is 5.11 Å². The molecule has 2 rings (SSSR count). The number of benzene rings is 1. The second kappa shape index (κ2) is 6.60. The zero-order valence-electron chi connectivity index (χ0n) is 11.8. The number of nitrogens with zero attached hydrogens (tertiary/aromatic N) is 2. The molecule has 1 aromatic carbocycles. The number of phenolic OH excluding ortho intramolecular Hbond substituents is 1. The third-order valence-corrected chi connectivity index (χ3v) is 4.29. The number of rotatable bonds is 4. The maximum atomic E-state index is 9.85. The van der Waals surface area contributed by atoms with Crippen molar-refractivity contribution in [3.63, 3.8) is 0 Å². The van der Waals surface area contributed by atoms with Crippen LogP contribution >= 0.6 is 11.6 Å². The van der Waals surface area contributed by atoms with E-state index in [9.17, 15) is 5.11 Å². The van der Waals surface area contributed by atoms with Gasteiger partial charge in [-0.15, -0.1) is 0 Å². The van der Waals surface area contributed by atoms with Gasteiger partial charge in [0.2, 0.25) is 0 Å². The van der Waals surface area contributed by atoms with E-state index in [1.807, 2.05) is 6.07 Å². The number of hydrogen-bond acceptors (Lipinski definition) is 3.